The van der Waals surface area contributed by atoms with Gasteiger partial charge in [0.15, 0.2) is 0 Å². The Kier molecular flexibility index (Phi) is 6.27. The van der Waals surface area contributed by atoms with Crippen molar-refractivity contribution in [1.29, 1.82) is 0 Å². The van der Waals surface area contributed by atoms with Gasteiger partial charge in [0, 0.05) is 55.7 Å². The van der Waals surface area contributed by atoms with Crippen molar-refractivity contribution in [2.45, 2.75) is 38.8 Å². The van der Waals surface area contributed by atoms with E-state index in [1.165, 1.54) is 9.75 Å². The van der Waals surface area contributed by atoms with E-state index >= 15 is 0 Å². The summed E-state index contributed by atoms with van der Waals surface area (Å²) in [6, 6.07) is 4.11. The zero-order valence-corrected chi connectivity index (χ0v) is 15.4. The molecule has 2 fully saturated rings. The van der Waals surface area contributed by atoms with Crippen LogP contribution in [0, 0.1) is 5.92 Å². The maximum Gasteiger partial charge on any atom is 0.239 e. The largest absolute Gasteiger partial charge is 0.381 e. The molecule has 3 heterocycles. The summed E-state index contributed by atoms with van der Waals surface area (Å²) in [7, 11) is 0. The Morgan fingerprint density at radius 2 is 1.92 bits per heavy atom. The first kappa shape index (κ1) is 17.9. The predicted molar refractivity (Wildman–Crippen MR) is 97.1 cm³/mol. The van der Waals surface area contributed by atoms with E-state index in [-0.39, 0.29) is 17.9 Å². The third-order valence-corrected chi connectivity index (χ3v) is 6.40. The highest BCUT2D eigenvalue weighted by Crippen LogP contribution is 2.21. The number of hydrogen-bond donors (Lipinski definition) is 1. The smallest absolute Gasteiger partial charge is 0.239 e. The quantitative estimate of drug-likeness (QED) is 0.877. The Bertz CT molecular complexity index is 534. The lowest BCUT2D eigenvalue weighted by Crippen LogP contribution is -2.55. The van der Waals surface area contributed by atoms with Gasteiger partial charge < -0.3 is 15.4 Å². The molecule has 6 heteroatoms. The normalized spacial score (nSPS) is 21.8. The molecule has 1 aromatic heterocycles. The van der Waals surface area contributed by atoms with E-state index < -0.39 is 0 Å². The van der Waals surface area contributed by atoms with Crippen molar-refractivity contribution < 1.29 is 9.53 Å². The molecular weight excluding hydrogens is 322 g/mol. The topological polar surface area (TPSA) is 58.8 Å². The lowest BCUT2D eigenvalue weighted by atomic mass is 9.91. The van der Waals surface area contributed by atoms with Crippen LogP contribution in [0.15, 0.2) is 12.1 Å². The second-order valence-corrected chi connectivity index (χ2v) is 8.05. The highest BCUT2D eigenvalue weighted by Gasteiger charge is 2.31. The number of ether oxygens (including phenoxy) is 1. The van der Waals surface area contributed by atoms with E-state index in [4.69, 9.17) is 10.5 Å². The molecule has 134 valence electrons. The van der Waals surface area contributed by atoms with Crippen LogP contribution in [0.1, 0.15) is 29.5 Å². The summed E-state index contributed by atoms with van der Waals surface area (Å²) >= 11 is 1.90. The highest BCUT2D eigenvalue weighted by atomic mass is 32.1. The molecule has 24 heavy (non-hydrogen) atoms. The van der Waals surface area contributed by atoms with Crippen LogP contribution in [-0.4, -0.2) is 61.1 Å². The van der Waals surface area contributed by atoms with Crippen LogP contribution < -0.4 is 5.73 Å². The van der Waals surface area contributed by atoms with Crippen molar-refractivity contribution in [2.24, 2.45) is 11.7 Å². The van der Waals surface area contributed by atoms with Gasteiger partial charge in [0.2, 0.25) is 5.91 Å². The van der Waals surface area contributed by atoms with Crippen molar-refractivity contribution in [2.75, 3.05) is 39.4 Å². The third-order valence-electron chi connectivity index (χ3n) is 5.19. The molecular formula is C18H29N3O2S. The molecule has 2 saturated heterocycles. The molecule has 0 bridgehead atoms. The van der Waals surface area contributed by atoms with Crippen molar-refractivity contribution in [1.82, 2.24) is 9.80 Å². The number of rotatable bonds is 5. The number of carbonyl (C=O) groups excluding carboxylic acids is 1. The lowest BCUT2D eigenvalue weighted by molar-refractivity contribution is -0.136. The average Bonchev–Trinajstić information content (AvgIpc) is 3.09. The number of thiophene rings is 1. The monoisotopic (exact) mass is 351 g/mol. The first-order valence-corrected chi connectivity index (χ1v) is 9.91. The number of aryl methyl sites for hydroxylation is 1. The summed E-state index contributed by atoms with van der Waals surface area (Å²) < 4.78 is 5.37. The maximum atomic E-state index is 12.6. The minimum absolute atomic E-state index is 0.131. The number of nitrogens with two attached hydrogens (primary N) is 1. The van der Waals surface area contributed by atoms with Crippen LogP contribution in [0.2, 0.25) is 0 Å². The Morgan fingerprint density at radius 3 is 2.54 bits per heavy atom. The summed E-state index contributed by atoms with van der Waals surface area (Å²) in [4.78, 5) is 19.9. The fourth-order valence-corrected chi connectivity index (χ4v) is 4.53. The van der Waals surface area contributed by atoms with Gasteiger partial charge in [-0.1, -0.05) is 6.92 Å². The molecule has 2 aliphatic rings. The number of amides is 1. The molecule has 5 nitrogen and oxygen atoms in total. The molecule has 3 rings (SSSR count). The van der Waals surface area contributed by atoms with Gasteiger partial charge in [0.1, 0.15) is 0 Å². The van der Waals surface area contributed by atoms with Crippen molar-refractivity contribution >= 4 is 17.2 Å². The minimum Gasteiger partial charge on any atom is -0.381 e. The second kappa shape index (κ2) is 8.43. The predicted octanol–water partition coefficient (Wildman–Crippen LogP) is 1.71. The number of nitrogens with zero attached hydrogens (tertiary/aromatic N) is 2. The average molecular weight is 352 g/mol. The Labute approximate surface area is 148 Å². The zero-order valence-electron chi connectivity index (χ0n) is 14.6. The van der Waals surface area contributed by atoms with E-state index in [0.717, 1.165) is 65.2 Å². The summed E-state index contributed by atoms with van der Waals surface area (Å²) in [6.07, 6.45) is 2.92. The van der Waals surface area contributed by atoms with E-state index in [0.29, 0.717) is 0 Å². The van der Waals surface area contributed by atoms with Crippen LogP contribution in [0.5, 0.6) is 0 Å². The number of hydrogen-bond acceptors (Lipinski definition) is 5. The van der Waals surface area contributed by atoms with E-state index in [9.17, 15) is 4.79 Å². The molecule has 2 N–H and O–H groups in total. The fourth-order valence-electron chi connectivity index (χ4n) is 3.53. The molecule has 0 saturated carbocycles. The van der Waals surface area contributed by atoms with Gasteiger partial charge in [-0.2, -0.15) is 0 Å². The summed E-state index contributed by atoms with van der Waals surface area (Å²) in [5.74, 6) is 0.411. The van der Waals surface area contributed by atoms with Gasteiger partial charge in [-0.25, -0.2) is 0 Å². The van der Waals surface area contributed by atoms with Gasteiger partial charge in [0.25, 0.3) is 0 Å². The Hall–Kier alpha value is -0.950. The molecule has 0 aliphatic carbocycles. The van der Waals surface area contributed by atoms with Gasteiger partial charge in [-0.3, -0.25) is 9.69 Å². The van der Waals surface area contributed by atoms with Gasteiger partial charge in [-0.15, -0.1) is 11.3 Å². The molecule has 1 atom stereocenters. The minimum atomic E-state index is -0.357. The third kappa shape index (κ3) is 4.36. The van der Waals surface area contributed by atoms with Gasteiger partial charge in [0.05, 0.1) is 6.04 Å². The highest BCUT2D eigenvalue weighted by molar-refractivity contribution is 7.11. The standard InChI is InChI=1S/C18H29N3O2S/c1-2-15-3-4-16(24-15)13-20-7-9-21(10-8-20)18(22)17(19)14-5-11-23-12-6-14/h3-4,14,17H,2,5-13,19H2,1H3. The first-order valence-electron chi connectivity index (χ1n) is 9.09. The molecule has 1 amide bonds. The molecule has 0 aromatic carbocycles. The molecule has 1 unspecified atom stereocenters. The van der Waals surface area contributed by atoms with Crippen molar-refractivity contribution in [3.8, 4) is 0 Å². The van der Waals surface area contributed by atoms with Crippen LogP contribution in [0.25, 0.3) is 0 Å². The van der Waals surface area contributed by atoms with Gasteiger partial charge in [-0.05, 0) is 37.3 Å². The van der Waals surface area contributed by atoms with Crippen molar-refractivity contribution in [3.63, 3.8) is 0 Å². The van der Waals surface area contributed by atoms with Crippen LogP contribution in [0.3, 0.4) is 0 Å². The van der Waals surface area contributed by atoms with Crippen LogP contribution >= 0.6 is 11.3 Å². The first-order chi connectivity index (χ1) is 11.7. The zero-order chi connectivity index (χ0) is 16.9. The van der Waals surface area contributed by atoms with Crippen LogP contribution in [-0.2, 0) is 22.5 Å². The van der Waals surface area contributed by atoms with E-state index in [1.54, 1.807) is 0 Å². The fraction of sp³-hybridized carbons (Fsp3) is 0.722. The number of piperazine rings is 1. The lowest BCUT2D eigenvalue weighted by Gasteiger charge is -2.37. The summed E-state index contributed by atoms with van der Waals surface area (Å²) in [5.41, 5.74) is 6.24. The second-order valence-electron chi connectivity index (χ2n) is 6.80. The van der Waals surface area contributed by atoms with E-state index in [1.807, 2.05) is 16.2 Å². The Balaban J connectivity index is 1.46. The summed E-state index contributed by atoms with van der Waals surface area (Å²) in [6.45, 7) is 8.13. The molecule has 0 spiro atoms. The molecule has 1 aromatic rings. The van der Waals surface area contributed by atoms with Crippen molar-refractivity contribution in [3.05, 3.63) is 21.9 Å². The maximum absolute atomic E-state index is 12.6. The van der Waals surface area contributed by atoms with E-state index in [2.05, 4.69) is 24.0 Å². The molecule has 0 radical (unpaired) electrons. The van der Waals surface area contributed by atoms with Gasteiger partial charge >= 0.3 is 0 Å². The molecule has 2 aliphatic heterocycles. The van der Waals surface area contributed by atoms with Crippen LogP contribution in [0.4, 0.5) is 0 Å². The number of carbonyl (C=O) groups is 1. The SMILES string of the molecule is CCc1ccc(CN2CCN(C(=O)C(N)C3CCOCC3)CC2)s1. The summed E-state index contributed by atoms with van der Waals surface area (Å²) in [5, 5.41) is 0. The Morgan fingerprint density at radius 1 is 1.25 bits per heavy atom.